The van der Waals surface area contributed by atoms with E-state index in [1.165, 1.54) is 11.8 Å². The molecule has 0 bridgehead atoms. The van der Waals surface area contributed by atoms with Crippen LogP contribution in [0.1, 0.15) is 43.7 Å². The van der Waals surface area contributed by atoms with Crippen molar-refractivity contribution in [2.24, 2.45) is 0 Å². The first kappa shape index (κ1) is 24.5. The fourth-order valence-electron chi connectivity index (χ4n) is 5.12. The van der Waals surface area contributed by atoms with E-state index in [1.807, 2.05) is 18.3 Å². The number of anilines is 4. The van der Waals surface area contributed by atoms with E-state index in [0.717, 1.165) is 67.6 Å². The number of hydrogen-bond donors (Lipinski definition) is 0. The molecule has 3 aromatic rings. The number of benzene rings is 1. The molecule has 0 unspecified atom stereocenters. The van der Waals surface area contributed by atoms with Crippen molar-refractivity contribution in [1.82, 2.24) is 15.0 Å². The molecule has 0 aliphatic carbocycles. The highest BCUT2D eigenvalue weighted by Gasteiger charge is 2.27. The summed E-state index contributed by atoms with van der Waals surface area (Å²) in [6.45, 7) is 7.07. The van der Waals surface area contributed by atoms with Crippen molar-refractivity contribution in [2.75, 3.05) is 47.6 Å². The zero-order valence-corrected chi connectivity index (χ0v) is 22.2. The lowest BCUT2D eigenvalue weighted by molar-refractivity contribution is 0.478. The van der Waals surface area contributed by atoms with Crippen LogP contribution >= 0.6 is 0 Å². The highest BCUT2D eigenvalue weighted by molar-refractivity contribution is 7.90. The summed E-state index contributed by atoms with van der Waals surface area (Å²) < 4.78 is 23.9. The van der Waals surface area contributed by atoms with Gasteiger partial charge in [0.2, 0.25) is 0 Å². The Bertz CT molecular complexity index is 1330. The van der Waals surface area contributed by atoms with E-state index in [9.17, 15) is 8.42 Å². The Morgan fingerprint density at radius 1 is 0.972 bits per heavy atom. The van der Waals surface area contributed by atoms with Crippen molar-refractivity contribution < 1.29 is 8.42 Å². The van der Waals surface area contributed by atoms with Crippen LogP contribution < -0.4 is 14.7 Å². The summed E-state index contributed by atoms with van der Waals surface area (Å²) in [5.74, 6) is 3.28. The molecule has 0 amide bonds. The molecule has 1 saturated heterocycles. The second kappa shape index (κ2) is 9.69. The molecule has 9 heteroatoms. The molecule has 1 aromatic carbocycles. The molecule has 36 heavy (non-hydrogen) atoms. The Morgan fingerprint density at radius 3 is 2.42 bits per heavy atom. The lowest BCUT2D eigenvalue weighted by Crippen LogP contribution is -2.44. The zero-order chi connectivity index (χ0) is 25.4. The topological polar surface area (TPSA) is 82.5 Å². The standard InChI is InChI=1S/C27H34N6O2S/c1-19(2)21-5-8-25(28-17-21)32-12-10-22(11-13-32)31(3)26-16-27(30-18-29-26)33-14-9-20-15-23(36(4,34)35)6-7-24(20)33/h5-8,15-19,22H,9-14H2,1-4H3. The molecule has 5 rings (SSSR count). The van der Waals surface area contributed by atoms with E-state index < -0.39 is 9.84 Å². The van der Waals surface area contributed by atoms with Gasteiger partial charge in [0.1, 0.15) is 23.8 Å². The Labute approximate surface area is 213 Å². The second-order valence-electron chi connectivity index (χ2n) is 10.1. The average Bonchev–Trinajstić information content (AvgIpc) is 3.31. The summed E-state index contributed by atoms with van der Waals surface area (Å²) in [4.78, 5) is 21.0. The molecule has 0 atom stereocenters. The number of hydrogen-bond acceptors (Lipinski definition) is 8. The van der Waals surface area contributed by atoms with Crippen LogP contribution in [-0.2, 0) is 16.3 Å². The van der Waals surface area contributed by atoms with Crippen molar-refractivity contribution in [3.05, 3.63) is 60.0 Å². The molecule has 1 fully saturated rings. The molecule has 2 aromatic heterocycles. The predicted octanol–water partition coefficient (Wildman–Crippen LogP) is 4.20. The van der Waals surface area contributed by atoms with Gasteiger partial charge < -0.3 is 14.7 Å². The largest absolute Gasteiger partial charge is 0.356 e. The van der Waals surface area contributed by atoms with E-state index in [-0.39, 0.29) is 0 Å². The first-order valence-electron chi connectivity index (χ1n) is 12.6. The van der Waals surface area contributed by atoms with Gasteiger partial charge in [-0.2, -0.15) is 0 Å². The number of nitrogens with zero attached hydrogens (tertiary/aromatic N) is 6. The molecule has 2 aliphatic rings. The molecule has 8 nitrogen and oxygen atoms in total. The summed E-state index contributed by atoms with van der Waals surface area (Å²) in [7, 11) is -1.11. The molecule has 0 spiro atoms. The molecule has 0 N–H and O–H groups in total. The fraction of sp³-hybridized carbons (Fsp3) is 0.444. The van der Waals surface area contributed by atoms with Gasteiger partial charge in [0.15, 0.2) is 9.84 Å². The van der Waals surface area contributed by atoms with E-state index in [1.54, 1.807) is 18.5 Å². The Hall–Kier alpha value is -3.20. The van der Waals surface area contributed by atoms with Crippen LogP contribution in [0.4, 0.5) is 23.1 Å². The average molecular weight is 507 g/mol. The number of fused-ring (bicyclic) bond motifs is 1. The van der Waals surface area contributed by atoms with Crippen molar-refractivity contribution in [3.8, 4) is 0 Å². The highest BCUT2D eigenvalue weighted by atomic mass is 32.2. The van der Waals surface area contributed by atoms with Crippen LogP contribution in [0.15, 0.2) is 53.8 Å². The summed E-state index contributed by atoms with van der Waals surface area (Å²) in [5, 5.41) is 0. The Kier molecular flexibility index (Phi) is 6.59. The van der Waals surface area contributed by atoms with Crippen LogP contribution in [0.5, 0.6) is 0 Å². The fourth-order valence-corrected chi connectivity index (χ4v) is 5.79. The lowest BCUT2D eigenvalue weighted by Gasteiger charge is -2.38. The highest BCUT2D eigenvalue weighted by Crippen LogP contribution is 2.36. The van der Waals surface area contributed by atoms with Crippen LogP contribution in [0, 0.1) is 0 Å². The monoisotopic (exact) mass is 506 g/mol. The van der Waals surface area contributed by atoms with Gasteiger partial charge in [0.05, 0.1) is 4.90 Å². The van der Waals surface area contributed by atoms with Crippen LogP contribution in [0.2, 0.25) is 0 Å². The van der Waals surface area contributed by atoms with Gasteiger partial charge in [-0.1, -0.05) is 19.9 Å². The van der Waals surface area contributed by atoms with Gasteiger partial charge in [-0.05, 0) is 60.6 Å². The first-order chi connectivity index (χ1) is 17.2. The smallest absolute Gasteiger partial charge is 0.175 e. The van der Waals surface area contributed by atoms with Crippen molar-refractivity contribution in [2.45, 2.75) is 50.0 Å². The number of rotatable bonds is 6. The number of aromatic nitrogens is 3. The van der Waals surface area contributed by atoms with Gasteiger partial charge in [-0.3, -0.25) is 0 Å². The van der Waals surface area contributed by atoms with Crippen molar-refractivity contribution in [3.63, 3.8) is 0 Å². The van der Waals surface area contributed by atoms with Gasteiger partial charge in [-0.15, -0.1) is 0 Å². The summed E-state index contributed by atoms with van der Waals surface area (Å²) >= 11 is 0. The molecule has 2 aliphatic heterocycles. The maximum Gasteiger partial charge on any atom is 0.175 e. The third kappa shape index (κ3) is 4.89. The summed E-state index contributed by atoms with van der Waals surface area (Å²) in [6.07, 6.45) is 7.73. The SMILES string of the molecule is CC(C)c1ccc(N2CCC(N(C)c3cc(N4CCc5cc(S(C)(=O)=O)ccc54)ncn3)CC2)nc1. The molecular weight excluding hydrogens is 472 g/mol. The van der Waals surface area contributed by atoms with Gasteiger partial charge in [0, 0.05) is 56.9 Å². The minimum Gasteiger partial charge on any atom is -0.356 e. The normalized spacial score (nSPS) is 16.5. The van der Waals surface area contributed by atoms with Crippen molar-refractivity contribution in [1.29, 1.82) is 0 Å². The molecule has 190 valence electrons. The summed E-state index contributed by atoms with van der Waals surface area (Å²) in [6, 6.07) is 12.1. The minimum atomic E-state index is -3.22. The molecule has 4 heterocycles. The van der Waals surface area contributed by atoms with Gasteiger partial charge >= 0.3 is 0 Å². The Morgan fingerprint density at radius 2 is 1.75 bits per heavy atom. The number of pyridine rings is 1. The number of piperidine rings is 1. The van der Waals surface area contributed by atoms with E-state index >= 15 is 0 Å². The lowest BCUT2D eigenvalue weighted by atomic mass is 10.0. The van der Waals surface area contributed by atoms with E-state index in [2.05, 4.69) is 57.7 Å². The Balaban J connectivity index is 1.27. The first-order valence-corrected chi connectivity index (χ1v) is 14.5. The quantitative estimate of drug-likeness (QED) is 0.492. The predicted molar refractivity (Wildman–Crippen MR) is 144 cm³/mol. The maximum absolute atomic E-state index is 11.9. The van der Waals surface area contributed by atoms with Crippen LogP contribution in [0.3, 0.4) is 0 Å². The van der Waals surface area contributed by atoms with Gasteiger partial charge in [0.25, 0.3) is 0 Å². The van der Waals surface area contributed by atoms with Gasteiger partial charge in [-0.25, -0.2) is 23.4 Å². The second-order valence-corrected chi connectivity index (χ2v) is 12.1. The summed E-state index contributed by atoms with van der Waals surface area (Å²) in [5.41, 5.74) is 3.32. The van der Waals surface area contributed by atoms with E-state index in [4.69, 9.17) is 4.98 Å². The third-order valence-electron chi connectivity index (χ3n) is 7.42. The zero-order valence-electron chi connectivity index (χ0n) is 21.4. The van der Waals surface area contributed by atoms with Crippen LogP contribution in [-0.4, -0.2) is 62.3 Å². The van der Waals surface area contributed by atoms with Crippen molar-refractivity contribution >= 4 is 33.0 Å². The molecular formula is C27H34N6O2S. The molecule has 0 saturated carbocycles. The number of sulfone groups is 1. The van der Waals surface area contributed by atoms with E-state index in [0.29, 0.717) is 16.9 Å². The third-order valence-corrected chi connectivity index (χ3v) is 8.53. The minimum absolute atomic E-state index is 0.364. The maximum atomic E-state index is 11.9. The molecule has 0 radical (unpaired) electrons. The van der Waals surface area contributed by atoms with Crippen LogP contribution in [0.25, 0.3) is 0 Å².